The molecule has 3 nitrogen and oxygen atoms in total. The number of ether oxygens (including phenoxy) is 1. The maximum atomic E-state index is 5.52. The maximum absolute atomic E-state index is 5.52. The molecule has 2 aromatic rings. The largest absolute Gasteiger partial charge is 0.490 e. The van der Waals surface area contributed by atoms with Crippen LogP contribution in [0.5, 0.6) is 5.75 Å². The van der Waals surface area contributed by atoms with Gasteiger partial charge in [0.1, 0.15) is 0 Å². The number of rotatable bonds is 5. The second-order valence-electron chi connectivity index (χ2n) is 4.13. The fraction of sp³-hybridized carbons (Fsp3) is 0.267. The van der Waals surface area contributed by atoms with Crippen LogP contribution in [0, 0.1) is 6.92 Å². The summed E-state index contributed by atoms with van der Waals surface area (Å²) in [4.78, 5) is 4.30. The Kier molecular flexibility index (Phi) is 4.18. The number of pyridine rings is 1. The second kappa shape index (κ2) is 6.05. The SMILES string of the molecule is CCOc1cccnc1NCc1cccc(C)c1. The van der Waals surface area contributed by atoms with Crippen LogP contribution >= 0.6 is 0 Å². The van der Waals surface area contributed by atoms with E-state index in [4.69, 9.17) is 4.74 Å². The lowest BCUT2D eigenvalue weighted by Crippen LogP contribution is -2.04. The van der Waals surface area contributed by atoms with E-state index in [0.29, 0.717) is 6.61 Å². The smallest absolute Gasteiger partial charge is 0.169 e. The zero-order valence-electron chi connectivity index (χ0n) is 10.8. The predicted molar refractivity (Wildman–Crippen MR) is 73.9 cm³/mol. The average molecular weight is 242 g/mol. The molecule has 0 saturated carbocycles. The summed E-state index contributed by atoms with van der Waals surface area (Å²) in [5, 5.41) is 3.31. The Morgan fingerprint density at radius 2 is 2.11 bits per heavy atom. The van der Waals surface area contributed by atoms with Gasteiger partial charge in [-0.25, -0.2) is 4.98 Å². The molecule has 0 saturated heterocycles. The van der Waals surface area contributed by atoms with Gasteiger partial charge in [-0.15, -0.1) is 0 Å². The van der Waals surface area contributed by atoms with Crippen LogP contribution in [0.15, 0.2) is 42.6 Å². The van der Waals surface area contributed by atoms with Crippen LogP contribution in [0.3, 0.4) is 0 Å². The summed E-state index contributed by atoms with van der Waals surface area (Å²) >= 11 is 0. The molecule has 1 N–H and O–H groups in total. The first-order chi connectivity index (χ1) is 8.79. The summed E-state index contributed by atoms with van der Waals surface area (Å²) in [5.41, 5.74) is 2.50. The zero-order chi connectivity index (χ0) is 12.8. The third-order valence-electron chi connectivity index (χ3n) is 2.61. The monoisotopic (exact) mass is 242 g/mol. The van der Waals surface area contributed by atoms with Crippen molar-refractivity contribution in [3.63, 3.8) is 0 Å². The Morgan fingerprint density at radius 1 is 1.22 bits per heavy atom. The predicted octanol–water partition coefficient (Wildman–Crippen LogP) is 3.40. The van der Waals surface area contributed by atoms with E-state index in [1.54, 1.807) is 6.20 Å². The number of aryl methyl sites for hydroxylation is 1. The summed E-state index contributed by atoms with van der Waals surface area (Å²) in [6, 6.07) is 12.2. The van der Waals surface area contributed by atoms with Gasteiger partial charge in [-0.05, 0) is 31.5 Å². The van der Waals surface area contributed by atoms with Crippen LogP contribution in [0.4, 0.5) is 5.82 Å². The Bertz CT molecular complexity index is 511. The zero-order valence-corrected chi connectivity index (χ0v) is 10.8. The number of hydrogen-bond acceptors (Lipinski definition) is 3. The first-order valence-electron chi connectivity index (χ1n) is 6.17. The van der Waals surface area contributed by atoms with Crippen molar-refractivity contribution in [3.8, 4) is 5.75 Å². The van der Waals surface area contributed by atoms with Gasteiger partial charge in [-0.3, -0.25) is 0 Å². The van der Waals surface area contributed by atoms with E-state index in [2.05, 4.69) is 41.5 Å². The molecular formula is C15H18N2O. The van der Waals surface area contributed by atoms with Crippen molar-refractivity contribution in [3.05, 3.63) is 53.7 Å². The Hall–Kier alpha value is -2.03. The van der Waals surface area contributed by atoms with Crippen molar-refractivity contribution in [2.75, 3.05) is 11.9 Å². The van der Waals surface area contributed by atoms with E-state index >= 15 is 0 Å². The van der Waals surface area contributed by atoms with Crippen molar-refractivity contribution < 1.29 is 4.74 Å². The van der Waals surface area contributed by atoms with E-state index < -0.39 is 0 Å². The van der Waals surface area contributed by atoms with Crippen LogP contribution in [0.25, 0.3) is 0 Å². The molecule has 1 aromatic heterocycles. The molecule has 94 valence electrons. The molecule has 0 radical (unpaired) electrons. The summed E-state index contributed by atoms with van der Waals surface area (Å²) in [5.74, 6) is 1.59. The molecule has 0 aliphatic heterocycles. The molecule has 0 aliphatic carbocycles. The highest BCUT2D eigenvalue weighted by atomic mass is 16.5. The quantitative estimate of drug-likeness (QED) is 0.872. The first kappa shape index (κ1) is 12.4. The lowest BCUT2D eigenvalue weighted by molar-refractivity contribution is 0.340. The molecule has 0 aliphatic rings. The van der Waals surface area contributed by atoms with E-state index in [9.17, 15) is 0 Å². The molecular weight excluding hydrogens is 224 g/mol. The molecule has 0 fully saturated rings. The Balaban J connectivity index is 2.06. The van der Waals surface area contributed by atoms with Gasteiger partial charge >= 0.3 is 0 Å². The second-order valence-corrected chi connectivity index (χ2v) is 4.13. The molecule has 1 aromatic carbocycles. The minimum Gasteiger partial charge on any atom is -0.490 e. The molecule has 0 bridgehead atoms. The third-order valence-corrected chi connectivity index (χ3v) is 2.61. The lowest BCUT2D eigenvalue weighted by Gasteiger charge is -2.11. The molecule has 1 heterocycles. The van der Waals surface area contributed by atoms with Gasteiger partial charge in [-0.1, -0.05) is 29.8 Å². The minimum absolute atomic E-state index is 0.644. The van der Waals surface area contributed by atoms with E-state index in [-0.39, 0.29) is 0 Å². The van der Waals surface area contributed by atoms with Gasteiger partial charge in [0.05, 0.1) is 6.61 Å². The topological polar surface area (TPSA) is 34.1 Å². The number of nitrogens with one attached hydrogen (secondary N) is 1. The molecule has 2 rings (SSSR count). The average Bonchev–Trinajstić information content (AvgIpc) is 2.38. The number of nitrogens with zero attached hydrogens (tertiary/aromatic N) is 1. The summed E-state index contributed by atoms with van der Waals surface area (Å²) < 4.78 is 5.52. The van der Waals surface area contributed by atoms with Gasteiger partial charge < -0.3 is 10.1 Å². The Morgan fingerprint density at radius 3 is 2.89 bits per heavy atom. The van der Waals surface area contributed by atoms with Crippen LogP contribution in [0.1, 0.15) is 18.1 Å². The van der Waals surface area contributed by atoms with Crippen LogP contribution in [0.2, 0.25) is 0 Å². The van der Waals surface area contributed by atoms with Crippen molar-refractivity contribution >= 4 is 5.82 Å². The van der Waals surface area contributed by atoms with Crippen molar-refractivity contribution in [1.29, 1.82) is 0 Å². The standard InChI is InChI=1S/C15H18N2O/c1-3-18-14-8-5-9-16-15(14)17-11-13-7-4-6-12(2)10-13/h4-10H,3,11H2,1-2H3,(H,16,17). The van der Waals surface area contributed by atoms with E-state index in [1.807, 2.05) is 19.1 Å². The first-order valence-corrected chi connectivity index (χ1v) is 6.17. The fourth-order valence-corrected chi connectivity index (χ4v) is 1.80. The summed E-state index contributed by atoms with van der Waals surface area (Å²) in [6.45, 7) is 5.46. The van der Waals surface area contributed by atoms with Gasteiger partial charge in [0.25, 0.3) is 0 Å². The van der Waals surface area contributed by atoms with Crippen LogP contribution in [-0.4, -0.2) is 11.6 Å². The highest BCUT2D eigenvalue weighted by molar-refractivity contribution is 5.49. The Labute approximate surface area is 108 Å². The molecule has 0 atom stereocenters. The number of benzene rings is 1. The van der Waals surface area contributed by atoms with Crippen LogP contribution in [-0.2, 0) is 6.54 Å². The molecule has 0 unspecified atom stereocenters. The summed E-state index contributed by atoms with van der Waals surface area (Å²) in [6.07, 6.45) is 1.76. The molecule has 0 amide bonds. The van der Waals surface area contributed by atoms with E-state index in [0.717, 1.165) is 18.1 Å². The number of hydrogen-bond donors (Lipinski definition) is 1. The normalized spacial score (nSPS) is 10.1. The van der Waals surface area contributed by atoms with Gasteiger partial charge in [0, 0.05) is 12.7 Å². The van der Waals surface area contributed by atoms with Crippen LogP contribution < -0.4 is 10.1 Å². The highest BCUT2D eigenvalue weighted by Crippen LogP contribution is 2.21. The van der Waals surface area contributed by atoms with E-state index in [1.165, 1.54) is 11.1 Å². The highest BCUT2D eigenvalue weighted by Gasteiger charge is 2.03. The molecule has 3 heteroatoms. The van der Waals surface area contributed by atoms with Crippen molar-refractivity contribution in [2.24, 2.45) is 0 Å². The third kappa shape index (κ3) is 3.23. The minimum atomic E-state index is 0.644. The van der Waals surface area contributed by atoms with Gasteiger partial charge in [0.15, 0.2) is 11.6 Å². The summed E-state index contributed by atoms with van der Waals surface area (Å²) in [7, 11) is 0. The maximum Gasteiger partial charge on any atom is 0.169 e. The number of anilines is 1. The number of aromatic nitrogens is 1. The lowest BCUT2D eigenvalue weighted by atomic mass is 10.1. The van der Waals surface area contributed by atoms with Gasteiger partial charge in [-0.2, -0.15) is 0 Å². The fourth-order valence-electron chi connectivity index (χ4n) is 1.80. The van der Waals surface area contributed by atoms with Crippen molar-refractivity contribution in [1.82, 2.24) is 4.98 Å². The molecule has 0 spiro atoms. The molecule has 18 heavy (non-hydrogen) atoms. The van der Waals surface area contributed by atoms with Gasteiger partial charge in [0.2, 0.25) is 0 Å². The van der Waals surface area contributed by atoms with Crippen molar-refractivity contribution in [2.45, 2.75) is 20.4 Å².